The predicted octanol–water partition coefficient (Wildman–Crippen LogP) is 15.3. The van der Waals surface area contributed by atoms with Crippen molar-refractivity contribution in [3.8, 4) is 27.9 Å². The molecule has 0 aliphatic heterocycles. The molecule has 1 aromatic heterocycles. The molecule has 1 aliphatic rings. The van der Waals surface area contributed by atoms with Crippen LogP contribution in [0.4, 0.5) is 17.1 Å². The minimum absolute atomic E-state index is 0.253. The van der Waals surface area contributed by atoms with Crippen molar-refractivity contribution in [2.45, 2.75) is 12.3 Å². The Morgan fingerprint density at radius 3 is 1.78 bits per heavy atom. The van der Waals surface area contributed by atoms with Crippen molar-refractivity contribution in [3.05, 3.63) is 235 Å². The van der Waals surface area contributed by atoms with Crippen LogP contribution in [0.3, 0.4) is 0 Å². The number of rotatable bonds is 7. The van der Waals surface area contributed by atoms with Gasteiger partial charge in [-0.1, -0.05) is 182 Å². The molecule has 10 aromatic rings. The molecule has 0 bridgehead atoms. The summed E-state index contributed by atoms with van der Waals surface area (Å²) >= 11 is 0. The first kappa shape index (κ1) is 33.9. The third-order valence-electron chi connectivity index (χ3n) is 11.9. The van der Waals surface area contributed by atoms with Gasteiger partial charge in [0.1, 0.15) is 0 Å². The number of hydrogen-bond donors (Lipinski definition) is 0. The van der Waals surface area contributed by atoms with E-state index in [2.05, 4.69) is 234 Å². The molecule has 9 aromatic carbocycles. The molecule has 0 amide bonds. The van der Waals surface area contributed by atoms with Crippen molar-refractivity contribution in [2.24, 2.45) is 0 Å². The summed E-state index contributed by atoms with van der Waals surface area (Å²) in [5.41, 5.74) is 15.8. The summed E-state index contributed by atoms with van der Waals surface area (Å²) in [6.07, 6.45) is 5.61. The summed E-state index contributed by atoms with van der Waals surface area (Å²) in [4.78, 5) is 2.53. The Bertz CT molecular complexity index is 3150. The lowest BCUT2D eigenvalue weighted by atomic mass is 9.78. The fourth-order valence-electron chi connectivity index (χ4n) is 9.47. The molecule has 1 aliphatic carbocycles. The Morgan fingerprint density at radius 2 is 0.966 bits per heavy atom. The Morgan fingerprint density at radius 1 is 0.414 bits per heavy atom. The van der Waals surface area contributed by atoms with Gasteiger partial charge in [-0.15, -0.1) is 0 Å². The van der Waals surface area contributed by atoms with E-state index in [1.165, 1.54) is 71.5 Å². The van der Waals surface area contributed by atoms with E-state index in [0.717, 1.165) is 29.2 Å². The van der Waals surface area contributed by atoms with Crippen LogP contribution in [-0.2, 0) is 0 Å². The maximum atomic E-state index is 2.53. The standard InChI is InChI=1S/C56H40N2/c1-3-19-40(20-4-1)44-31-15-23-41-24-16-32-47(55(41)44)45-28-9-12-34-51(45)58(50-37-17-22-39-21-7-8-27-43(39)50)52-35-13-10-29-46(52)48-33-18-38-54-56(48)49-30-11-14-36-53(49)57(54)42-25-5-2-6-26-42/h1-30,32-38,44H,31H2. The van der Waals surface area contributed by atoms with Crippen LogP contribution in [-0.4, -0.2) is 4.57 Å². The lowest BCUT2D eigenvalue weighted by Gasteiger charge is -2.32. The molecule has 0 spiro atoms. The van der Waals surface area contributed by atoms with E-state index < -0.39 is 0 Å². The van der Waals surface area contributed by atoms with Crippen LogP contribution in [0.15, 0.2) is 218 Å². The minimum Gasteiger partial charge on any atom is -0.309 e. The predicted molar refractivity (Wildman–Crippen MR) is 246 cm³/mol. The molecule has 0 N–H and O–H groups in total. The SMILES string of the molecule is C1=Cc2cccc(-c3ccccc3N(c3ccccc3-c3cccc4c3c3ccccc3n4-c3ccccc3)c3cccc4ccccc34)c2C(c2ccccc2)C1. The first-order valence-electron chi connectivity index (χ1n) is 20.2. The van der Waals surface area contributed by atoms with Crippen molar-refractivity contribution in [1.29, 1.82) is 0 Å². The number of para-hydroxylation sites is 4. The smallest absolute Gasteiger partial charge is 0.0547 e. The maximum absolute atomic E-state index is 2.53. The van der Waals surface area contributed by atoms with Gasteiger partial charge in [0.15, 0.2) is 0 Å². The van der Waals surface area contributed by atoms with Gasteiger partial charge in [0.05, 0.1) is 28.1 Å². The maximum Gasteiger partial charge on any atom is 0.0547 e. The van der Waals surface area contributed by atoms with Crippen LogP contribution in [0.5, 0.6) is 0 Å². The van der Waals surface area contributed by atoms with Gasteiger partial charge in [-0.05, 0) is 82.1 Å². The Hall–Kier alpha value is -7.42. The lowest BCUT2D eigenvalue weighted by Crippen LogP contribution is -2.14. The summed E-state index contributed by atoms with van der Waals surface area (Å²) in [5, 5.41) is 4.89. The average Bonchev–Trinajstić information content (AvgIpc) is 3.64. The molecule has 0 fully saturated rings. The second-order valence-corrected chi connectivity index (χ2v) is 15.2. The highest BCUT2D eigenvalue weighted by molar-refractivity contribution is 6.17. The molecular weight excluding hydrogens is 701 g/mol. The average molecular weight is 741 g/mol. The molecule has 0 saturated carbocycles. The number of nitrogens with zero attached hydrogens (tertiary/aromatic N) is 2. The Balaban J connectivity index is 1.20. The van der Waals surface area contributed by atoms with Crippen LogP contribution in [0, 0.1) is 0 Å². The number of aromatic nitrogens is 1. The molecule has 2 nitrogen and oxygen atoms in total. The Kier molecular flexibility index (Phi) is 8.33. The second kappa shape index (κ2) is 14.3. The first-order valence-corrected chi connectivity index (χ1v) is 20.2. The van der Waals surface area contributed by atoms with Crippen LogP contribution in [0.1, 0.15) is 29.0 Å². The van der Waals surface area contributed by atoms with E-state index in [4.69, 9.17) is 0 Å². The van der Waals surface area contributed by atoms with Crippen LogP contribution < -0.4 is 4.90 Å². The van der Waals surface area contributed by atoms with Gasteiger partial charge in [-0.2, -0.15) is 0 Å². The minimum atomic E-state index is 0.253. The Labute approximate surface area is 339 Å². The van der Waals surface area contributed by atoms with E-state index in [-0.39, 0.29) is 5.92 Å². The van der Waals surface area contributed by atoms with Gasteiger partial charge in [0, 0.05) is 38.9 Å². The molecule has 1 unspecified atom stereocenters. The molecule has 274 valence electrons. The highest BCUT2D eigenvalue weighted by atomic mass is 15.1. The number of anilines is 3. The molecule has 2 heteroatoms. The quantitative estimate of drug-likeness (QED) is 0.158. The second-order valence-electron chi connectivity index (χ2n) is 15.2. The molecule has 1 atom stereocenters. The normalized spacial score (nSPS) is 13.6. The van der Waals surface area contributed by atoms with Crippen molar-refractivity contribution < 1.29 is 0 Å². The van der Waals surface area contributed by atoms with Crippen LogP contribution in [0.2, 0.25) is 0 Å². The molecular formula is C56H40N2. The third kappa shape index (κ3) is 5.56. The largest absolute Gasteiger partial charge is 0.309 e. The summed E-state index contributed by atoms with van der Waals surface area (Å²) in [7, 11) is 0. The summed E-state index contributed by atoms with van der Waals surface area (Å²) in [5.74, 6) is 0.253. The zero-order chi connectivity index (χ0) is 38.4. The third-order valence-corrected chi connectivity index (χ3v) is 11.9. The van der Waals surface area contributed by atoms with E-state index >= 15 is 0 Å². The van der Waals surface area contributed by atoms with Crippen molar-refractivity contribution >= 4 is 55.7 Å². The summed E-state index contributed by atoms with van der Waals surface area (Å²) in [6, 6.07) is 77.7. The van der Waals surface area contributed by atoms with Gasteiger partial charge in [-0.3, -0.25) is 0 Å². The van der Waals surface area contributed by atoms with Crippen LogP contribution >= 0.6 is 0 Å². The molecule has 0 saturated heterocycles. The van der Waals surface area contributed by atoms with Gasteiger partial charge >= 0.3 is 0 Å². The van der Waals surface area contributed by atoms with E-state index in [9.17, 15) is 0 Å². The molecule has 11 rings (SSSR count). The lowest BCUT2D eigenvalue weighted by molar-refractivity contribution is 0.821. The fourth-order valence-corrected chi connectivity index (χ4v) is 9.47. The van der Waals surface area contributed by atoms with Crippen molar-refractivity contribution in [1.82, 2.24) is 4.57 Å². The topological polar surface area (TPSA) is 8.17 Å². The molecule has 0 radical (unpaired) electrons. The van der Waals surface area contributed by atoms with E-state index in [1.54, 1.807) is 0 Å². The van der Waals surface area contributed by atoms with Crippen LogP contribution in [0.25, 0.3) is 66.6 Å². The number of fused-ring (bicyclic) bond motifs is 5. The van der Waals surface area contributed by atoms with Gasteiger partial charge in [0.2, 0.25) is 0 Å². The number of hydrogen-bond acceptors (Lipinski definition) is 1. The molecule has 1 heterocycles. The fraction of sp³-hybridized carbons (Fsp3) is 0.0357. The van der Waals surface area contributed by atoms with Gasteiger partial charge in [-0.25, -0.2) is 0 Å². The van der Waals surface area contributed by atoms with E-state index in [0.29, 0.717) is 0 Å². The summed E-state index contributed by atoms with van der Waals surface area (Å²) in [6.45, 7) is 0. The van der Waals surface area contributed by atoms with Crippen molar-refractivity contribution in [2.75, 3.05) is 4.90 Å². The molecule has 58 heavy (non-hydrogen) atoms. The van der Waals surface area contributed by atoms with Gasteiger partial charge in [0.25, 0.3) is 0 Å². The van der Waals surface area contributed by atoms with Crippen molar-refractivity contribution in [3.63, 3.8) is 0 Å². The highest BCUT2D eigenvalue weighted by Crippen LogP contribution is 2.50. The van der Waals surface area contributed by atoms with Gasteiger partial charge < -0.3 is 9.47 Å². The first-order chi connectivity index (χ1) is 28.8. The monoisotopic (exact) mass is 740 g/mol. The number of allylic oxidation sites excluding steroid dienone is 1. The highest BCUT2D eigenvalue weighted by Gasteiger charge is 2.27. The number of benzene rings is 9. The summed E-state index contributed by atoms with van der Waals surface area (Å²) < 4.78 is 2.41. The zero-order valence-corrected chi connectivity index (χ0v) is 32.0. The zero-order valence-electron chi connectivity index (χ0n) is 32.0. The van der Waals surface area contributed by atoms with E-state index in [1.807, 2.05) is 0 Å².